The van der Waals surface area contributed by atoms with Crippen molar-refractivity contribution in [3.63, 3.8) is 0 Å². The number of benzene rings is 1. The Bertz CT molecular complexity index is 980. The van der Waals surface area contributed by atoms with Gasteiger partial charge in [-0.25, -0.2) is 4.68 Å². The fraction of sp³-hybridized carbons (Fsp3) is 0.235. The van der Waals surface area contributed by atoms with E-state index in [1.54, 1.807) is 46.5 Å². The molecule has 0 radical (unpaired) electrons. The molecule has 1 amide bonds. The van der Waals surface area contributed by atoms with Gasteiger partial charge in [0.2, 0.25) is 5.88 Å². The Kier molecular flexibility index (Phi) is 4.37. The van der Waals surface area contributed by atoms with Crippen molar-refractivity contribution in [1.82, 2.24) is 19.6 Å². The summed E-state index contributed by atoms with van der Waals surface area (Å²) in [7, 11) is 3.23. The van der Waals surface area contributed by atoms with Gasteiger partial charge in [0.1, 0.15) is 11.4 Å². The van der Waals surface area contributed by atoms with E-state index in [2.05, 4.69) is 15.5 Å². The largest absolute Gasteiger partial charge is 0.479 e. The second-order valence-electron chi connectivity index (χ2n) is 5.83. The number of carbonyl (C=O) groups excluding carboxylic acids is 1. The first kappa shape index (κ1) is 17.0. The lowest BCUT2D eigenvalue weighted by atomic mass is 10.2. The molecule has 1 N–H and O–H groups in total. The summed E-state index contributed by atoms with van der Waals surface area (Å²) < 4.78 is 8.49. The first-order valence-electron chi connectivity index (χ1n) is 7.90. The second-order valence-corrected chi connectivity index (χ2v) is 7.26. The highest BCUT2D eigenvalue weighted by atomic mass is 35.5. The molecule has 1 aliphatic rings. The lowest BCUT2D eigenvalue weighted by molar-refractivity contribution is 0.102. The highest BCUT2D eigenvalue weighted by molar-refractivity contribution is 7.98. The quantitative estimate of drug-likeness (QED) is 0.741. The van der Waals surface area contributed by atoms with Gasteiger partial charge in [0.05, 0.1) is 18.5 Å². The molecule has 3 aromatic rings. The van der Waals surface area contributed by atoms with E-state index < -0.39 is 0 Å². The van der Waals surface area contributed by atoms with Crippen LogP contribution in [0.3, 0.4) is 0 Å². The molecular formula is C17H16ClN5O2S. The topological polar surface area (TPSA) is 74.0 Å². The average Bonchev–Trinajstić information content (AvgIpc) is 3.31. The van der Waals surface area contributed by atoms with Gasteiger partial charge in [0.15, 0.2) is 0 Å². The number of anilines is 1. The normalized spacial score (nSPS) is 12.9. The molecule has 0 saturated carbocycles. The number of fused-ring (bicyclic) bond motifs is 1. The number of hydrogen-bond acceptors (Lipinski definition) is 5. The zero-order valence-electron chi connectivity index (χ0n) is 14.2. The molecule has 26 heavy (non-hydrogen) atoms. The Labute approximate surface area is 159 Å². The summed E-state index contributed by atoms with van der Waals surface area (Å²) >= 11 is 7.76. The van der Waals surface area contributed by atoms with Crippen molar-refractivity contribution >= 4 is 35.1 Å². The second kappa shape index (κ2) is 6.69. The van der Waals surface area contributed by atoms with Gasteiger partial charge in [-0.15, -0.1) is 5.10 Å². The van der Waals surface area contributed by atoms with Crippen LogP contribution in [0.5, 0.6) is 5.88 Å². The zero-order chi connectivity index (χ0) is 18.3. The minimum absolute atomic E-state index is 0.286. The Morgan fingerprint density at radius 3 is 2.77 bits per heavy atom. The molecule has 0 aliphatic carbocycles. The molecule has 0 unspecified atom stereocenters. The fourth-order valence-corrected chi connectivity index (χ4v) is 4.02. The maximum atomic E-state index is 12.8. The number of thioether (sulfide) groups is 1. The van der Waals surface area contributed by atoms with Gasteiger partial charge in [-0.3, -0.25) is 9.48 Å². The van der Waals surface area contributed by atoms with Crippen LogP contribution in [0.1, 0.15) is 21.6 Å². The minimum Gasteiger partial charge on any atom is -0.479 e. The Hall–Kier alpha value is -2.45. The molecular weight excluding hydrogens is 374 g/mol. The molecule has 1 aliphatic heterocycles. The molecule has 2 aromatic heterocycles. The molecule has 4 rings (SSSR count). The summed E-state index contributed by atoms with van der Waals surface area (Å²) in [6.45, 7) is 0. The number of methoxy groups -OCH3 is 1. The summed E-state index contributed by atoms with van der Waals surface area (Å²) in [5.41, 5.74) is 3.24. The zero-order valence-corrected chi connectivity index (χ0v) is 15.8. The smallest absolute Gasteiger partial charge is 0.263 e. The number of nitrogens with zero attached hydrogens (tertiary/aromatic N) is 4. The Balaban J connectivity index is 1.73. The third kappa shape index (κ3) is 2.95. The van der Waals surface area contributed by atoms with Gasteiger partial charge in [-0.05, 0) is 24.3 Å². The molecule has 0 bridgehead atoms. The third-order valence-electron chi connectivity index (χ3n) is 4.09. The van der Waals surface area contributed by atoms with Gasteiger partial charge in [-0.1, -0.05) is 11.6 Å². The van der Waals surface area contributed by atoms with Gasteiger partial charge in [-0.2, -0.15) is 16.9 Å². The van der Waals surface area contributed by atoms with Crippen LogP contribution in [-0.4, -0.2) is 32.6 Å². The van der Waals surface area contributed by atoms with Crippen molar-refractivity contribution in [3.05, 3.63) is 52.3 Å². The van der Waals surface area contributed by atoms with Crippen molar-refractivity contribution < 1.29 is 9.53 Å². The fourth-order valence-electron chi connectivity index (χ4n) is 2.86. The number of halogens is 1. The number of rotatable bonds is 4. The van der Waals surface area contributed by atoms with Crippen LogP contribution < -0.4 is 10.1 Å². The molecule has 1 aromatic carbocycles. The predicted octanol–water partition coefficient (Wildman–Crippen LogP) is 3.27. The van der Waals surface area contributed by atoms with E-state index >= 15 is 0 Å². The molecule has 9 heteroatoms. The number of hydrogen-bond donors (Lipinski definition) is 1. The highest BCUT2D eigenvalue weighted by Crippen LogP contribution is 2.36. The Morgan fingerprint density at radius 1 is 1.27 bits per heavy atom. The molecule has 0 saturated heterocycles. The summed E-state index contributed by atoms with van der Waals surface area (Å²) in [6.07, 6.45) is 1.63. The molecule has 134 valence electrons. The number of aryl methyl sites for hydroxylation is 1. The summed E-state index contributed by atoms with van der Waals surface area (Å²) in [5, 5.41) is 12.4. The van der Waals surface area contributed by atoms with Crippen LogP contribution in [0.25, 0.3) is 5.69 Å². The van der Waals surface area contributed by atoms with Crippen molar-refractivity contribution in [1.29, 1.82) is 0 Å². The lowest BCUT2D eigenvalue weighted by Gasteiger charge is -2.11. The van der Waals surface area contributed by atoms with Crippen LogP contribution in [0.4, 0.5) is 5.82 Å². The SMILES string of the molecule is COc1nn(C)cc1C(=O)Nc1c2c(nn1-c1ccc(Cl)cc1)CSC2. The standard InChI is InChI=1S/C17H16ClN5O2S/c1-22-7-12(17(21-22)25-2)16(24)19-15-13-8-26-9-14(13)20-23(15)11-5-3-10(18)4-6-11/h3-7H,8-9H2,1-2H3,(H,19,24). The van der Waals surface area contributed by atoms with E-state index in [1.165, 1.54) is 7.11 Å². The van der Waals surface area contributed by atoms with Crippen molar-refractivity contribution in [3.8, 4) is 11.6 Å². The van der Waals surface area contributed by atoms with Gasteiger partial charge < -0.3 is 10.1 Å². The van der Waals surface area contributed by atoms with Crippen LogP contribution in [-0.2, 0) is 18.6 Å². The van der Waals surface area contributed by atoms with Crippen LogP contribution in [0.2, 0.25) is 5.02 Å². The average molecular weight is 390 g/mol. The number of ether oxygens (including phenoxy) is 1. The third-order valence-corrected chi connectivity index (χ3v) is 5.31. The van der Waals surface area contributed by atoms with Crippen molar-refractivity contribution in [2.75, 3.05) is 12.4 Å². The van der Waals surface area contributed by atoms with Gasteiger partial charge >= 0.3 is 0 Å². The summed E-state index contributed by atoms with van der Waals surface area (Å²) in [5.74, 6) is 2.30. The van der Waals surface area contributed by atoms with E-state index in [9.17, 15) is 4.79 Å². The predicted molar refractivity (Wildman–Crippen MR) is 101 cm³/mol. The summed E-state index contributed by atoms with van der Waals surface area (Å²) in [4.78, 5) is 12.8. The van der Waals surface area contributed by atoms with Crippen LogP contribution in [0.15, 0.2) is 30.5 Å². The number of amides is 1. The first-order valence-corrected chi connectivity index (χ1v) is 9.43. The van der Waals surface area contributed by atoms with Crippen molar-refractivity contribution in [2.24, 2.45) is 7.05 Å². The van der Waals surface area contributed by atoms with Crippen LogP contribution in [0, 0.1) is 0 Å². The van der Waals surface area contributed by atoms with E-state index in [1.807, 2.05) is 12.1 Å². The first-order chi connectivity index (χ1) is 12.6. The van der Waals surface area contributed by atoms with Crippen LogP contribution >= 0.6 is 23.4 Å². The summed E-state index contributed by atoms with van der Waals surface area (Å²) in [6, 6.07) is 7.35. The maximum Gasteiger partial charge on any atom is 0.263 e. The molecule has 0 atom stereocenters. The highest BCUT2D eigenvalue weighted by Gasteiger charge is 2.26. The monoisotopic (exact) mass is 389 g/mol. The number of carbonyl (C=O) groups is 1. The van der Waals surface area contributed by atoms with Gasteiger partial charge in [0, 0.05) is 35.3 Å². The van der Waals surface area contributed by atoms with E-state index in [0.717, 1.165) is 28.5 Å². The lowest BCUT2D eigenvalue weighted by Crippen LogP contribution is -2.16. The number of nitrogens with one attached hydrogen (secondary N) is 1. The minimum atomic E-state index is -0.287. The van der Waals surface area contributed by atoms with Gasteiger partial charge in [0.25, 0.3) is 5.91 Å². The van der Waals surface area contributed by atoms with E-state index in [0.29, 0.717) is 16.4 Å². The van der Waals surface area contributed by atoms with Crippen molar-refractivity contribution in [2.45, 2.75) is 11.5 Å². The maximum absolute atomic E-state index is 12.8. The molecule has 3 heterocycles. The van der Waals surface area contributed by atoms with E-state index in [4.69, 9.17) is 16.3 Å². The van der Waals surface area contributed by atoms with E-state index in [-0.39, 0.29) is 11.8 Å². The molecule has 0 spiro atoms. The molecule has 7 nitrogen and oxygen atoms in total. The number of aromatic nitrogens is 4. The molecule has 0 fully saturated rings. The Morgan fingerprint density at radius 2 is 2.04 bits per heavy atom.